The maximum absolute atomic E-state index is 11.9. The highest BCUT2D eigenvalue weighted by Gasteiger charge is 2.37. The number of amides is 4. The van der Waals surface area contributed by atoms with Gasteiger partial charge in [-0.05, 0) is 12.8 Å². The van der Waals surface area contributed by atoms with Crippen molar-refractivity contribution in [2.24, 2.45) is 5.92 Å². The molecule has 110 valence electrons. The van der Waals surface area contributed by atoms with E-state index >= 15 is 0 Å². The smallest absolute Gasteiger partial charge is 0.327 e. The fraction of sp³-hybridized carbons (Fsp3) is 0.667. The van der Waals surface area contributed by atoms with Gasteiger partial charge in [0.2, 0.25) is 5.91 Å². The van der Waals surface area contributed by atoms with Crippen LogP contribution in [0.5, 0.6) is 0 Å². The Morgan fingerprint density at radius 3 is 2.60 bits per heavy atom. The Morgan fingerprint density at radius 2 is 2.05 bits per heavy atom. The molecule has 2 unspecified atom stereocenters. The summed E-state index contributed by atoms with van der Waals surface area (Å²) in [4.78, 5) is 48.1. The van der Waals surface area contributed by atoms with Crippen molar-refractivity contribution >= 4 is 23.8 Å². The Bertz CT molecular complexity index is 464. The van der Waals surface area contributed by atoms with Crippen LogP contribution >= 0.6 is 0 Å². The lowest BCUT2D eigenvalue weighted by molar-refractivity contribution is -0.142. The van der Waals surface area contributed by atoms with Crippen molar-refractivity contribution in [2.75, 3.05) is 20.1 Å². The normalized spacial score (nSPS) is 26.2. The number of carbonyl (C=O) groups is 4. The summed E-state index contributed by atoms with van der Waals surface area (Å²) >= 11 is 0. The number of rotatable bonds is 4. The lowest BCUT2D eigenvalue weighted by Gasteiger charge is -2.19. The van der Waals surface area contributed by atoms with Gasteiger partial charge in [0.25, 0.3) is 5.91 Å². The molecule has 0 spiro atoms. The van der Waals surface area contributed by atoms with Gasteiger partial charge in [-0.2, -0.15) is 0 Å². The Labute approximate surface area is 115 Å². The predicted octanol–water partition coefficient (Wildman–Crippen LogP) is -0.750. The van der Waals surface area contributed by atoms with Crippen LogP contribution in [0.3, 0.4) is 0 Å². The Hall–Kier alpha value is -2.12. The van der Waals surface area contributed by atoms with Crippen molar-refractivity contribution < 1.29 is 24.3 Å². The topological polar surface area (TPSA) is 107 Å². The van der Waals surface area contributed by atoms with Gasteiger partial charge in [0, 0.05) is 13.1 Å². The van der Waals surface area contributed by atoms with E-state index in [-0.39, 0.29) is 13.1 Å². The number of hydrogen-bond donors (Lipinski definition) is 2. The first-order valence-corrected chi connectivity index (χ1v) is 6.47. The summed E-state index contributed by atoms with van der Waals surface area (Å²) in [5.41, 5.74) is 0. The van der Waals surface area contributed by atoms with Crippen LogP contribution in [0.25, 0.3) is 0 Å². The molecule has 2 aliphatic rings. The number of hydrogen-bond acceptors (Lipinski definition) is 4. The molecule has 1 saturated carbocycles. The Balaban J connectivity index is 1.91. The number of likely N-dealkylation sites (N-methyl/N-ethyl adjacent to an activating group) is 1. The van der Waals surface area contributed by atoms with Gasteiger partial charge in [0.15, 0.2) is 0 Å². The van der Waals surface area contributed by atoms with Crippen LogP contribution in [0.2, 0.25) is 0 Å². The summed E-state index contributed by atoms with van der Waals surface area (Å²) < 4.78 is 0. The molecular formula is C12H17N3O5. The van der Waals surface area contributed by atoms with E-state index in [9.17, 15) is 19.2 Å². The number of carboxylic acids is 1. The molecule has 2 atom stereocenters. The third-order valence-electron chi connectivity index (χ3n) is 3.71. The molecule has 2 fully saturated rings. The van der Waals surface area contributed by atoms with E-state index in [0.29, 0.717) is 12.8 Å². The molecule has 2 N–H and O–H groups in total. The van der Waals surface area contributed by atoms with E-state index in [1.807, 2.05) is 0 Å². The van der Waals surface area contributed by atoms with Gasteiger partial charge in [-0.15, -0.1) is 0 Å². The van der Waals surface area contributed by atoms with Crippen LogP contribution in [-0.2, 0) is 14.4 Å². The van der Waals surface area contributed by atoms with E-state index in [4.69, 9.17) is 5.11 Å². The zero-order valence-corrected chi connectivity index (χ0v) is 11.2. The maximum atomic E-state index is 11.9. The highest BCUT2D eigenvalue weighted by molar-refractivity contribution is 6.04. The minimum absolute atomic E-state index is 0.0344. The summed E-state index contributed by atoms with van der Waals surface area (Å²) in [7, 11) is 1.48. The molecule has 1 saturated heterocycles. The molecule has 1 aliphatic carbocycles. The molecule has 1 heterocycles. The number of aliphatic carboxylic acids is 1. The molecule has 0 aromatic rings. The predicted molar refractivity (Wildman–Crippen MR) is 66.6 cm³/mol. The lowest BCUT2D eigenvalue weighted by Crippen LogP contribution is -2.46. The number of imide groups is 1. The number of carboxylic acid groups (broad SMARTS) is 1. The maximum Gasteiger partial charge on any atom is 0.327 e. The van der Waals surface area contributed by atoms with Crippen LogP contribution in [-0.4, -0.2) is 64.9 Å². The van der Waals surface area contributed by atoms with Crippen molar-refractivity contribution in [1.82, 2.24) is 15.1 Å². The van der Waals surface area contributed by atoms with E-state index < -0.39 is 35.8 Å². The average Bonchev–Trinajstić information content (AvgIpc) is 2.90. The van der Waals surface area contributed by atoms with Crippen molar-refractivity contribution in [3.8, 4) is 0 Å². The molecule has 0 aromatic carbocycles. The summed E-state index contributed by atoms with van der Waals surface area (Å²) in [6, 6.07) is -0.933. The summed E-state index contributed by atoms with van der Waals surface area (Å²) in [5.74, 6) is -2.44. The fourth-order valence-corrected chi connectivity index (χ4v) is 2.65. The third-order valence-corrected chi connectivity index (χ3v) is 3.71. The van der Waals surface area contributed by atoms with Crippen LogP contribution in [0, 0.1) is 5.92 Å². The van der Waals surface area contributed by atoms with Gasteiger partial charge >= 0.3 is 12.0 Å². The standard InChI is InChI=1S/C12H17N3O5/c1-14-6-10(17)15(12(14)20)5-9(16)13-8-4-2-3-7(8)11(18)19/h7-8H,2-6H2,1H3,(H,13,16)(H,18,19). The minimum atomic E-state index is -0.930. The van der Waals surface area contributed by atoms with Gasteiger partial charge in [-0.3, -0.25) is 19.3 Å². The molecule has 8 nitrogen and oxygen atoms in total. The number of carbonyl (C=O) groups excluding carboxylic acids is 3. The van der Waals surface area contributed by atoms with Crippen LogP contribution in [0.1, 0.15) is 19.3 Å². The molecule has 1 aliphatic heterocycles. The van der Waals surface area contributed by atoms with Crippen LogP contribution in [0.15, 0.2) is 0 Å². The number of nitrogens with zero attached hydrogens (tertiary/aromatic N) is 2. The van der Waals surface area contributed by atoms with Gasteiger partial charge in [0.05, 0.1) is 5.92 Å². The highest BCUT2D eigenvalue weighted by Crippen LogP contribution is 2.25. The summed E-state index contributed by atoms with van der Waals surface area (Å²) in [6.07, 6.45) is 1.88. The van der Waals surface area contributed by atoms with Crippen molar-refractivity contribution in [3.05, 3.63) is 0 Å². The van der Waals surface area contributed by atoms with Crippen molar-refractivity contribution in [2.45, 2.75) is 25.3 Å². The van der Waals surface area contributed by atoms with Crippen molar-refractivity contribution in [1.29, 1.82) is 0 Å². The van der Waals surface area contributed by atoms with Gasteiger partial charge < -0.3 is 15.3 Å². The van der Waals surface area contributed by atoms with Crippen molar-refractivity contribution in [3.63, 3.8) is 0 Å². The molecule has 0 bridgehead atoms. The first kappa shape index (κ1) is 14.3. The average molecular weight is 283 g/mol. The lowest BCUT2D eigenvalue weighted by atomic mass is 10.0. The molecule has 8 heteroatoms. The first-order valence-electron chi connectivity index (χ1n) is 6.47. The second-order valence-corrected chi connectivity index (χ2v) is 5.17. The van der Waals surface area contributed by atoms with Gasteiger partial charge in [-0.25, -0.2) is 4.79 Å². The quantitative estimate of drug-likeness (QED) is 0.660. The van der Waals surface area contributed by atoms with E-state index in [2.05, 4.69) is 5.32 Å². The fourth-order valence-electron chi connectivity index (χ4n) is 2.65. The molecule has 0 radical (unpaired) electrons. The molecule has 0 aromatic heterocycles. The van der Waals surface area contributed by atoms with Crippen LogP contribution in [0.4, 0.5) is 4.79 Å². The summed E-state index contributed by atoms with van der Waals surface area (Å²) in [6.45, 7) is -0.391. The zero-order chi connectivity index (χ0) is 14.9. The van der Waals surface area contributed by atoms with E-state index in [1.165, 1.54) is 11.9 Å². The first-order chi connectivity index (χ1) is 9.40. The molecule has 4 amide bonds. The minimum Gasteiger partial charge on any atom is -0.481 e. The highest BCUT2D eigenvalue weighted by atomic mass is 16.4. The van der Waals surface area contributed by atoms with E-state index in [1.54, 1.807) is 0 Å². The van der Waals surface area contributed by atoms with Gasteiger partial charge in [0.1, 0.15) is 13.1 Å². The van der Waals surface area contributed by atoms with Gasteiger partial charge in [-0.1, -0.05) is 6.42 Å². The second kappa shape index (κ2) is 5.48. The SMILES string of the molecule is CN1CC(=O)N(CC(=O)NC2CCCC2C(=O)O)C1=O. The van der Waals surface area contributed by atoms with E-state index in [0.717, 1.165) is 11.3 Å². The molecule has 2 rings (SSSR count). The monoisotopic (exact) mass is 283 g/mol. The van der Waals surface area contributed by atoms with Crippen LogP contribution < -0.4 is 5.32 Å². The number of urea groups is 1. The largest absolute Gasteiger partial charge is 0.481 e. The summed E-state index contributed by atoms with van der Waals surface area (Å²) in [5, 5.41) is 11.6. The third kappa shape index (κ3) is 2.73. The zero-order valence-electron chi connectivity index (χ0n) is 11.2. The Morgan fingerprint density at radius 1 is 1.35 bits per heavy atom. The molecule has 20 heavy (non-hydrogen) atoms. The second-order valence-electron chi connectivity index (χ2n) is 5.17. The molecular weight excluding hydrogens is 266 g/mol. The Kier molecular flexibility index (Phi) is 3.91. The number of nitrogens with one attached hydrogen (secondary N) is 1.